The molecule has 0 radical (unpaired) electrons. The molecule has 0 amide bonds. The lowest BCUT2D eigenvalue weighted by Gasteiger charge is -2.57. The van der Waals surface area contributed by atoms with Crippen molar-refractivity contribution in [2.75, 3.05) is 0 Å². The van der Waals surface area contributed by atoms with Crippen LogP contribution in [0.25, 0.3) is 0 Å². The van der Waals surface area contributed by atoms with Gasteiger partial charge in [0.2, 0.25) is 0 Å². The number of nitrogens with zero attached hydrogens (tertiary/aromatic N) is 2. The van der Waals surface area contributed by atoms with E-state index in [0.29, 0.717) is 5.41 Å². The van der Waals surface area contributed by atoms with E-state index in [1.165, 1.54) is 44.9 Å². The van der Waals surface area contributed by atoms with Crippen molar-refractivity contribution >= 4 is 0 Å². The number of nitrogens with two attached hydrogens (primary N) is 1. The van der Waals surface area contributed by atoms with Crippen LogP contribution < -0.4 is 5.73 Å². The molecule has 4 saturated carbocycles. The molecule has 5 rings (SSSR count). The van der Waals surface area contributed by atoms with Crippen molar-refractivity contribution in [3.05, 3.63) is 11.6 Å². The summed E-state index contributed by atoms with van der Waals surface area (Å²) in [6.45, 7) is 1.94. The fourth-order valence-electron chi connectivity index (χ4n) is 5.61. The van der Waals surface area contributed by atoms with Crippen LogP contribution in [0.1, 0.15) is 69.6 Å². The second kappa shape index (κ2) is 4.55. The van der Waals surface area contributed by atoms with Crippen molar-refractivity contribution < 1.29 is 0 Å². The van der Waals surface area contributed by atoms with Gasteiger partial charge in [-0.3, -0.25) is 5.10 Å². The summed E-state index contributed by atoms with van der Waals surface area (Å²) in [5, 5.41) is 7.30. The zero-order valence-electron chi connectivity index (χ0n) is 12.4. The first-order chi connectivity index (χ1) is 9.62. The van der Waals surface area contributed by atoms with E-state index in [1.807, 2.05) is 6.92 Å². The molecule has 1 aromatic heterocycles. The van der Waals surface area contributed by atoms with Gasteiger partial charge < -0.3 is 5.73 Å². The van der Waals surface area contributed by atoms with Gasteiger partial charge in [0.15, 0.2) is 5.82 Å². The molecule has 4 bridgehead atoms. The van der Waals surface area contributed by atoms with Crippen LogP contribution in [0.2, 0.25) is 0 Å². The minimum absolute atomic E-state index is 0.0699. The number of hydrogen-bond donors (Lipinski definition) is 2. The van der Waals surface area contributed by atoms with Gasteiger partial charge in [-0.05, 0) is 75.0 Å². The molecule has 1 unspecified atom stereocenters. The molecule has 1 atom stereocenters. The van der Waals surface area contributed by atoms with Crippen LogP contribution in [0.5, 0.6) is 0 Å². The number of hydrogen-bond acceptors (Lipinski definition) is 3. The zero-order valence-corrected chi connectivity index (χ0v) is 12.4. The minimum atomic E-state index is -0.0699. The van der Waals surface area contributed by atoms with Gasteiger partial charge in [0.05, 0.1) is 6.04 Å². The summed E-state index contributed by atoms with van der Waals surface area (Å²) in [7, 11) is 0. The first kappa shape index (κ1) is 12.8. The summed E-state index contributed by atoms with van der Waals surface area (Å²) >= 11 is 0. The van der Waals surface area contributed by atoms with E-state index in [-0.39, 0.29) is 6.04 Å². The standard InChI is InChI=1S/C16H26N4/c1-10(17)15-18-14(19-20-15)2-3-16-7-11-4-12(8-16)6-13(5-11)9-16/h10-13H,2-9,17H2,1H3,(H,18,19,20). The van der Waals surface area contributed by atoms with E-state index in [9.17, 15) is 0 Å². The fourth-order valence-corrected chi connectivity index (χ4v) is 5.61. The Morgan fingerprint density at radius 1 is 1.20 bits per heavy atom. The second-order valence-corrected chi connectivity index (χ2v) is 7.85. The van der Waals surface area contributed by atoms with E-state index < -0.39 is 0 Å². The van der Waals surface area contributed by atoms with Gasteiger partial charge >= 0.3 is 0 Å². The Hall–Kier alpha value is -0.900. The van der Waals surface area contributed by atoms with E-state index >= 15 is 0 Å². The molecule has 1 aromatic rings. The number of nitrogens with one attached hydrogen (secondary N) is 1. The lowest BCUT2D eigenvalue weighted by Crippen LogP contribution is -2.46. The average Bonchev–Trinajstić information content (AvgIpc) is 2.84. The summed E-state index contributed by atoms with van der Waals surface area (Å²) in [4.78, 5) is 4.54. The van der Waals surface area contributed by atoms with Crippen LogP contribution in [-0.4, -0.2) is 15.2 Å². The molecular formula is C16H26N4. The van der Waals surface area contributed by atoms with Gasteiger partial charge in [0.1, 0.15) is 5.82 Å². The van der Waals surface area contributed by atoms with E-state index in [4.69, 9.17) is 5.73 Å². The van der Waals surface area contributed by atoms with Gasteiger partial charge in [-0.2, -0.15) is 5.10 Å². The van der Waals surface area contributed by atoms with E-state index in [1.54, 1.807) is 0 Å². The van der Waals surface area contributed by atoms with Crippen LogP contribution in [0.4, 0.5) is 0 Å². The van der Waals surface area contributed by atoms with Crippen molar-refractivity contribution in [1.82, 2.24) is 15.2 Å². The summed E-state index contributed by atoms with van der Waals surface area (Å²) in [5.41, 5.74) is 6.46. The third-order valence-electron chi connectivity index (χ3n) is 6.01. The highest BCUT2D eigenvalue weighted by Crippen LogP contribution is 2.61. The lowest BCUT2D eigenvalue weighted by atomic mass is 9.48. The van der Waals surface area contributed by atoms with Crippen molar-refractivity contribution in [3.63, 3.8) is 0 Å². The highest BCUT2D eigenvalue weighted by molar-refractivity contribution is 5.03. The first-order valence-electron chi connectivity index (χ1n) is 8.29. The smallest absolute Gasteiger partial charge is 0.167 e. The van der Waals surface area contributed by atoms with Crippen molar-refractivity contribution in [1.29, 1.82) is 0 Å². The molecule has 0 spiro atoms. The maximum Gasteiger partial charge on any atom is 0.167 e. The van der Waals surface area contributed by atoms with Crippen molar-refractivity contribution in [2.45, 2.75) is 64.3 Å². The lowest BCUT2D eigenvalue weighted by molar-refractivity contribution is -0.0571. The normalized spacial score (nSPS) is 40.2. The van der Waals surface area contributed by atoms with Crippen LogP contribution in [0.15, 0.2) is 0 Å². The maximum absolute atomic E-state index is 5.82. The monoisotopic (exact) mass is 274 g/mol. The Kier molecular flexibility index (Phi) is 2.92. The van der Waals surface area contributed by atoms with Crippen LogP contribution in [0.3, 0.4) is 0 Å². The number of aromatic nitrogens is 3. The second-order valence-electron chi connectivity index (χ2n) is 7.85. The quantitative estimate of drug-likeness (QED) is 0.887. The van der Waals surface area contributed by atoms with E-state index in [2.05, 4.69) is 15.2 Å². The predicted octanol–water partition coefficient (Wildman–Crippen LogP) is 2.97. The minimum Gasteiger partial charge on any atom is -0.321 e. The summed E-state index contributed by atoms with van der Waals surface area (Å²) in [6, 6.07) is -0.0699. The van der Waals surface area contributed by atoms with Crippen molar-refractivity contribution in [3.8, 4) is 0 Å². The SMILES string of the molecule is CC(N)c1n[nH]c(CCC23CC4CC(CC(C4)C2)C3)n1. The van der Waals surface area contributed by atoms with Gasteiger partial charge in [-0.25, -0.2) is 4.98 Å². The summed E-state index contributed by atoms with van der Waals surface area (Å²) in [5.74, 6) is 4.90. The number of rotatable bonds is 4. The van der Waals surface area contributed by atoms with Crippen LogP contribution >= 0.6 is 0 Å². The third kappa shape index (κ3) is 2.18. The molecule has 4 aliphatic rings. The fraction of sp³-hybridized carbons (Fsp3) is 0.875. The van der Waals surface area contributed by atoms with Crippen LogP contribution in [-0.2, 0) is 6.42 Å². The molecule has 20 heavy (non-hydrogen) atoms. The molecule has 4 fully saturated rings. The molecule has 4 nitrogen and oxygen atoms in total. The molecular weight excluding hydrogens is 248 g/mol. The van der Waals surface area contributed by atoms with Gasteiger partial charge in [0, 0.05) is 6.42 Å². The zero-order chi connectivity index (χ0) is 13.7. The van der Waals surface area contributed by atoms with Crippen molar-refractivity contribution in [2.24, 2.45) is 28.9 Å². The van der Waals surface area contributed by atoms with Gasteiger partial charge in [0.25, 0.3) is 0 Å². The Labute approximate surface area is 120 Å². The number of aryl methyl sites for hydroxylation is 1. The predicted molar refractivity (Wildman–Crippen MR) is 77.9 cm³/mol. The highest BCUT2D eigenvalue weighted by Gasteiger charge is 2.50. The highest BCUT2D eigenvalue weighted by atomic mass is 15.2. The summed E-state index contributed by atoms with van der Waals surface area (Å²) < 4.78 is 0. The molecule has 0 saturated heterocycles. The number of H-pyrrole nitrogens is 1. The van der Waals surface area contributed by atoms with Gasteiger partial charge in [-0.15, -0.1) is 0 Å². The Morgan fingerprint density at radius 2 is 1.80 bits per heavy atom. The number of aromatic amines is 1. The molecule has 1 heterocycles. The molecule has 110 valence electrons. The Balaban J connectivity index is 1.43. The van der Waals surface area contributed by atoms with E-state index in [0.717, 1.165) is 35.8 Å². The topological polar surface area (TPSA) is 67.6 Å². The molecule has 0 aliphatic heterocycles. The van der Waals surface area contributed by atoms with Crippen LogP contribution in [0, 0.1) is 23.2 Å². The third-order valence-corrected chi connectivity index (χ3v) is 6.01. The Morgan fingerprint density at radius 3 is 2.30 bits per heavy atom. The largest absolute Gasteiger partial charge is 0.321 e. The molecule has 4 heteroatoms. The average molecular weight is 274 g/mol. The maximum atomic E-state index is 5.82. The summed E-state index contributed by atoms with van der Waals surface area (Å²) in [6.07, 6.45) is 11.4. The molecule has 0 aromatic carbocycles. The Bertz CT molecular complexity index is 455. The molecule has 4 aliphatic carbocycles. The van der Waals surface area contributed by atoms with Gasteiger partial charge in [-0.1, -0.05) is 0 Å². The molecule has 3 N–H and O–H groups in total. The first-order valence-corrected chi connectivity index (χ1v) is 8.29.